The van der Waals surface area contributed by atoms with Crippen LogP contribution in [0.2, 0.25) is 0 Å². The van der Waals surface area contributed by atoms with Gasteiger partial charge in [0, 0.05) is 33.7 Å². The topological polar surface area (TPSA) is 53.9 Å². The molecule has 0 aromatic carbocycles. The molecule has 94 valence electrons. The molecule has 18 heavy (non-hydrogen) atoms. The molecule has 0 radical (unpaired) electrons. The van der Waals surface area contributed by atoms with Gasteiger partial charge in [-0.2, -0.15) is 9.13 Å². The summed E-state index contributed by atoms with van der Waals surface area (Å²) in [4.78, 5) is 0. The quantitative estimate of drug-likeness (QED) is 0.599. The number of aryl methyl sites for hydroxylation is 2. The van der Waals surface area contributed by atoms with Crippen molar-refractivity contribution in [2.75, 3.05) is 0 Å². The van der Waals surface area contributed by atoms with Crippen molar-refractivity contribution in [2.45, 2.75) is 10.1 Å². The predicted octanol–water partition coefficient (Wildman–Crippen LogP) is 0.282. The second kappa shape index (κ2) is 5.49. The second-order valence-corrected chi connectivity index (χ2v) is 5.85. The monoisotopic (exact) mass is 280 g/mol. The first kappa shape index (κ1) is 13.0. The van der Waals surface area contributed by atoms with E-state index in [4.69, 9.17) is 0 Å². The highest BCUT2D eigenvalue weighted by Crippen LogP contribution is 2.39. The van der Waals surface area contributed by atoms with Crippen LogP contribution in [-0.4, -0.2) is 0 Å². The minimum Gasteiger partial charge on any atom is -0.868 e. The molecule has 0 aliphatic carbocycles. The fraction of sp³-hybridized carbons (Fsp3) is 0.167. The molecule has 0 saturated heterocycles. The first-order chi connectivity index (χ1) is 8.59. The summed E-state index contributed by atoms with van der Waals surface area (Å²) in [5.41, 5.74) is 0. The average Bonchev–Trinajstić information content (AvgIpc) is 2.31. The summed E-state index contributed by atoms with van der Waals surface area (Å²) >= 11 is 0. The standard InChI is InChI=1S/C12H12N2O2S2/c1-13-7-3-5-9(15)11(13)17-18-12-10(16)6-4-8-14(12)2/h3-8H,1-2H3. The van der Waals surface area contributed by atoms with E-state index in [1.54, 1.807) is 21.3 Å². The van der Waals surface area contributed by atoms with Crippen LogP contribution in [-0.2, 0) is 14.1 Å². The molecule has 0 aliphatic heterocycles. The van der Waals surface area contributed by atoms with E-state index < -0.39 is 0 Å². The van der Waals surface area contributed by atoms with Crippen LogP contribution < -0.4 is 19.3 Å². The van der Waals surface area contributed by atoms with Gasteiger partial charge in [-0.15, -0.1) is 0 Å². The molecule has 2 heterocycles. The molecule has 6 heteroatoms. The van der Waals surface area contributed by atoms with Crippen LogP contribution in [0, 0.1) is 0 Å². The van der Waals surface area contributed by atoms with Crippen LogP contribution in [0.3, 0.4) is 0 Å². The molecular weight excluding hydrogens is 268 g/mol. The maximum atomic E-state index is 11.7. The fourth-order valence-electron chi connectivity index (χ4n) is 1.42. The Labute approximate surface area is 113 Å². The first-order valence-corrected chi connectivity index (χ1v) is 7.40. The zero-order valence-electron chi connectivity index (χ0n) is 9.99. The lowest BCUT2D eigenvalue weighted by molar-refractivity contribution is -0.712. The van der Waals surface area contributed by atoms with Gasteiger partial charge in [0.25, 0.3) is 0 Å². The average molecular weight is 280 g/mol. The molecule has 4 nitrogen and oxygen atoms in total. The van der Waals surface area contributed by atoms with Gasteiger partial charge in [0.15, 0.2) is 12.4 Å². The molecule has 0 spiro atoms. The van der Waals surface area contributed by atoms with Gasteiger partial charge in [-0.25, -0.2) is 0 Å². The van der Waals surface area contributed by atoms with Crippen molar-refractivity contribution in [3.63, 3.8) is 0 Å². The Bertz CT molecular complexity index is 484. The van der Waals surface area contributed by atoms with Crippen LogP contribution in [0.25, 0.3) is 0 Å². The van der Waals surface area contributed by atoms with Crippen molar-refractivity contribution in [1.29, 1.82) is 0 Å². The van der Waals surface area contributed by atoms with Gasteiger partial charge < -0.3 is 10.2 Å². The van der Waals surface area contributed by atoms with Gasteiger partial charge in [0.05, 0.1) is 0 Å². The molecule has 2 rings (SSSR count). The lowest BCUT2D eigenvalue weighted by Crippen LogP contribution is -2.32. The number of rotatable bonds is 3. The maximum Gasteiger partial charge on any atom is 0.243 e. The van der Waals surface area contributed by atoms with Crippen molar-refractivity contribution in [1.82, 2.24) is 0 Å². The van der Waals surface area contributed by atoms with Gasteiger partial charge in [0.2, 0.25) is 10.1 Å². The summed E-state index contributed by atoms with van der Waals surface area (Å²) in [7, 11) is 6.23. The molecule has 0 bridgehead atoms. The number of hydrogen-bond donors (Lipinski definition) is 0. The Morgan fingerprint density at radius 2 is 1.22 bits per heavy atom. The molecule has 0 aliphatic rings. The highest BCUT2D eigenvalue weighted by molar-refractivity contribution is 8.76. The van der Waals surface area contributed by atoms with Crippen LogP contribution in [0.15, 0.2) is 46.7 Å². The summed E-state index contributed by atoms with van der Waals surface area (Å²) in [6.45, 7) is 0. The third-order valence-corrected chi connectivity index (χ3v) is 4.95. The Morgan fingerprint density at radius 1 is 0.833 bits per heavy atom. The highest BCUT2D eigenvalue weighted by atomic mass is 33.1. The minimum atomic E-state index is -0.0384. The van der Waals surface area contributed by atoms with Gasteiger partial charge in [-0.3, -0.25) is 0 Å². The zero-order chi connectivity index (χ0) is 13.1. The Balaban J connectivity index is 2.22. The second-order valence-electron chi connectivity index (χ2n) is 3.74. The van der Waals surface area contributed by atoms with E-state index in [0.29, 0.717) is 10.1 Å². The van der Waals surface area contributed by atoms with Crippen LogP contribution in [0.5, 0.6) is 11.5 Å². The largest absolute Gasteiger partial charge is 0.868 e. The molecule has 0 N–H and O–H groups in total. The summed E-state index contributed by atoms with van der Waals surface area (Å²) in [5.74, 6) is -0.0768. The van der Waals surface area contributed by atoms with E-state index in [1.807, 2.05) is 26.5 Å². The molecule has 0 fully saturated rings. The lowest BCUT2D eigenvalue weighted by atomic mass is 10.4. The van der Waals surface area contributed by atoms with Crippen molar-refractivity contribution in [3.05, 3.63) is 36.7 Å². The third kappa shape index (κ3) is 2.70. The van der Waals surface area contributed by atoms with Crippen LogP contribution >= 0.6 is 21.6 Å². The van der Waals surface area contributed by atoms with Crippen LogP contribution in [0.4, 0.5) is 0 Å². The highest BCUT2D eigenvalue weighted by Gasteiger charge is 2.14. The summed E-state index contributed by atoms with van der Waals surface area (Å²) in [6, 6.07) is 6.45. The molecule has 0 unspecified atom stereocenters. The van der Waals surface area contributed by atoms with Crippen LogP contribution in [0.1, 0.15) is 0 Å². The van der Waals surface area contributed by atoms with E-state index in [0.717, 1.165) is 0 Å². The van der Waals surface area contributed by atoms with Crippen molar-refractivity contribution in [3.8, 4) is 11.5 Å². The van der Waals surface area contributed by atoms with Crippen molar-refractivity contribution < 1.29 is 19.3 Å². The van der Waals surface area contributed by atoms with E-state index >= 15 is 0 Å². The number of aromatic nitrogens is 2. The lowest BCUT2D eigenvalue weighted by Gasteiger charge is -2.10. The first-order valence-electron chi connectivity index (χ1n) is 5.25. The van der Waals surface area contributed by atoms with Gasteiger partial charge in [-0.05, 0) is 11.5 Å². The van der Waals surface area contributed by atoms with Gasteiger partial charge in [-0.1, -0.05) is 12.1 Å². The van der Waals surface area contributed by atoms with E-state index in [1.165, 1.54) is 33.7 Å². The van der Waals surface area contributed by atoms with E-state index in [-0.39, 0.29) is 11.5 Å². The molecule has 0 atom stereocenters. The summed E-state index contributed by atoms with van der Waals surface area (Å²) < 4.78 is 3.51. The molecular formula is C12H12N2O2S2. The summed E-state index contributed by atoms with van der Waals surface area (Å²) in [5, 5.41) is 24.6. The van der Waals surface area contributed by atoms with E-state index in [9.17, 15) is 10.2 Å². The maximum absolute atomic E-state index is 11.7. The van der Waals surface area contributed by atoms with Crippen molar-refractivity contribution in [2.24, 2.45) is 14.1 Å². The van der Waals surface area contributed by atoms with E-state index in [2.05, 4.69) is 0 Å². The third-order valence-electron chi connectivity index (χ3n) is 2.38. The zero-order valence-corrected chi connectivity index (χ0v) is 11.6. The SMILES string of the molecule is C[n+]1cccc([O-])c1SSc1c([O-])ccc[n+]1C. The molecule has 0 saturated carbocycles. The number of pyridine rings is 2. The number of hydrogen-bond acceptors (Lipinski definition) is 4. The molecule has 2 aromatic rings. The normalized spacial score (nSPS) is 10.6. The Morgan fingerprint density at radius 3 is 1.56 bits per heavy atom. The van der Waals surface area contributed by atoms with Crippen molar-refractivity contribution >= 4 is 21.6 Å². The Hall–Kier alpha value is -1.40. The van der Waals surface area contributed by atoms with Gasteiger partial charge >= 0.3 is 0 Å². The Kier molecular flexibility index (Phi) is 3.98. The molecule has 0 amide bonds. The fourth-order valence-corrected chi connectivity index (χ4v) is 3.91. The molecule has 2 aromatic heterocycles. The predicted molar refractivity (Wildman–Crippen MR) is 65.8 cm³/mol. The minimum absolute atomic E-state index is 0.0384. The van der Waals surface area contributed by atoms with Gasteiger partial charge in [0.1, 0.15) is 14.1 Å². The summed E-state index contributed by atoms with van der Waals surface area (Å²) in [6.07, 6.45) is 3.63. The number of nitrogens with zero attached hydrogens (tertiary/aromatic N) is 2. The smallest absolute Gasteiger partial charge is 0.243 e.